The maximum absolute atomic E-state index is 14.4. The van der Waals surface area contributed by atoms with Crippen LogP contribution in [0.15, 0.2) is 43.0 Å². The summed E-state index contributed by atoms with van der Waals surface area (Å²) in [6.45, 7) is 9.89. The number of Topliss-reactive ketones (excluding diaryl/α,β-unsaturated/α-hetero) is 1. The molecule has 1 saturated heterocycles. The van der Waals surface area contributed by atoms with Crippen molar-refractivity contribution < 1.29 is 46.6 Å². The van der Waals surface area contributed by atoms with Gasteiger partial charge in [-0.3, -0.25) is 24.0 Å². The smallest absolute Gasteiger partial charge is 0.410 e. The molecule has 1 unspecified atom stereocenters. The lowest BCUT2D eigenvalue weighted by Gasteiger charge is -2.35. The van der Waals surface area contributed by atoms with Gasteiger partial charge < -0.3 is 24.4 Å². The average molecular weight is 727 g/mol. The molecule has 0 spiro atoms. The Labute approximate surface area is 297 Å². The van der Waals surface area contributed by atoms with Gasteiger partial charge in [-0.05, 0) is 60.3 Å². The van der Waals surface area contributed by atoms with Crippen LogP contribution in [0.3, 0.4) is 0 Å². The first-order valence-corrected chi connectivity index (χ1v) is 19.0. The summed E-state index contributed by atoms with van der Waals surface area (Å²) in [5, 5.41) is 2.04. The predicted molar refractivity (Wildman–Crippen MR) is 184 cm³/mol. The SMILES string of the molecule is C=C[C@H]1C[C@@]1(CC(=O)C1C[C@@H]2CN1C(=O)[C@H](C(C)(C)C)NC(=O)OCC/C=C/COc1ccc3c(c1)CN(C3)C(=O)O2)C(=O)NS(=O)(=O)C1CC1. The lowest BCUT2D eigenvalue weighted by Crippen LogP contribution is -2.57. The summed E-state index contributed by atoms with van der Waals surface area (Å²) in [5.74, 6) is -1.62. The van der Waals surface area contributed by atoms with Crippen molar-refractivity contribution >= 4 is 39.8 Å². The maximum Gasteiger partial charge on any atom is 0.410 e. The standard InChI is InChI=1S/C36H46N4O10S/c1-5-24-17-36(24,32(43)38-51(46,47)27-11-12-27)18-29(41)28-16-26-21-40(28)31(42)30(35(2,3)4)37-33(44)49-14-8-6-7-13-48-25-10-9-22-19-39(34(45)50-26)20-23(22)15-25/h5-7,9-10,15,24,26-28,30H,1,8,11-14,16-21H2,2-4H3,(H,37,44)(H,38,43)/b7-6+/t24-,26+,28?,30+,36-/m0/s1. The Morgan fingerprint density at radius 2 is 1.84 bits per heavy atom. The molecule has 5 atom stereocenters. The van der Waals surface area contributed by atoms with E-state index in [1.807, 2.05) is 30.4 Å². The van der Waals surface area contributed by atoms with Crippen LogP contribution in [0.2, 0.25) is 0 Å². The van der Waals surface area contributed by atoms with E-state index >= 15 is 0 Å². The van der Waals surface area contributed by atoms with E-state index in [1.54, 1.807) is 20.8 Å². The number of fused-ring (bicyclic) bond motifs is 4. The quantitative estimate of drug-likeness (QED) is 0.396. The number of ketones is 1. The molecule has 5 aliphatic rings. The molecule has 5 bridgehead atoms. The van der Waals surface area contributed by atoms with E-state index in [-0.39, 0.29) is 32.4 Å². The molecule has 3 fully saturated rings. The minimum Gasteiger partial charge on any atom is -0.490 e. The van der Waals surface area contributed by atoms with Gasteiger partial charge in [0.25, 0.3) is 0 Å². The van der Waals surface area contributed by atoms with Crippen LogP contribution in [0.25, 0.3) is 0 Å². The summed E-state index contributed by atoms with van der Waals surface area (Å²) in [6.07, 6.45) is 4.04. The van der Waals surface area contributed by atoms with Gasteiger partial charge in [0.05, 0.1) is 29.9 Å². The van der Waals surface area contributed by atoms with E-state index in [0.717, 1.165) is 11.1 Å². The van der Waals surface area contributed by atoms with E-state index < -0.39 is 80.0 Å². The number of rotatable bonds is 7. The molecule has 2 aliphatic carbocycles. The van der Waals surface area contributed by atoms with Gasteiger partial charge in [-0.25, -0.2) is 18.0 Å². The molecule has 1 aromatic rings. The van der Waals surface area contributed by atoms with E-state index in [1.165, 1.54) is 15.9 Å². The zero-order valence-corrected chi connectivity index (χ0v) is 30.0. The molecular formula is C36H46N4O10S. The normalized spacial score (nSPS) is 29.2. The zero-order chi connectivity index (χ0) is 36.7. The molecule has 276 valence electrons. The number of nitrogens with zero attached hydrogens (tertiary/aromatic N) is 2. The Morgan fingerprint density at radius 3 is 2.53 bits per heavy atom. The number of cyclic esters (lactones) is 1. The summed E-state index contributed by atoms with van der Waals surface area (Å²) in [7, 11) is -3.87. The van der Waals surface area contributed by atoms with Gasteiger partial charge >= 0.3 is 12.2 Å². The van der Waals surface area contributed by atoms with Crippen molar-refractivity contribution in [1.82, 2.24) is 19.8 Å². The predicted octanol–water partition coefficient (Wildman–Crippen LogP) is 3.35. The average Bonchev–Trinajstić information content (AvgIpc) is 3.96. The van der Waals surface area contributed by atoms with Crippen molar-refractivity contribution in [2.45, 2.75) is 95.8 Å². The Bertz CT molecular complexity index is 1750. The van der Waals surface area contributed by atoms with Crippen LogP contribution in [0.5, 0.6) is 5.75 Å². The van der Waals surface area contributed by atoms with Gasteiger partial charge in [0.15, 0.2) is 5.78 Å². The monoisotopic (exact) mass is 726 g/mol. The third-order valence-corrected chi connectivity index (χ3v) is 12.1. The van der Waals surface area contributed by atoms with Gasteiger partial charge in [0.2, 0.25) is 21.8 Å². The molecular weight excluding hydrogens is 680 g/mol. The Balaban J connectivity index is 1.26. The van der Waals surface area contributed by atoms with Crippen molar-refractivity contribution in [3.8, 4) is 5.75 Å². The topological polar surface area (TPSA) is 178 Å². The van der Waals surface area contributed by atoms with Gasteiger partial charge in [-0.2, -0.15) is 0 Å². The van der Waals surface area contributed by atoms with E-state index in [2.05, 4.69) is 16.6 Å². The summed E-state index contributed by atoms with van der Waals surface area (Å²) < 4.78 is 44.6. The summed E-state index contributed by atoms with van der Waals surface area (Å²) >= 11 is 0. The highest BCUT2D eigenvalue weighted by Gasteiger charge is 2.61. The van der Waals surface area contributed by atoms with Crippen LogP contribution >= 0.6 is 0 Å². The largest absolute Gasteiger partial charge is 0.490 e. The number of hydrogen-bond donors (Lipinski definition) is 2. The van der Waals surface area contributed by atoms with Crippen molar-refractivity contribution in [3.05, 3.63) is 54.1 Å². The first kappa shape index (κ1) is 36.4. The van der Waals surface area contributed by atoms with Gasteiger partial charge in [0, 0.05) is 25.9 Å². The van der Waals surface area contributed by atoms with Crippen LogP contribution < -0.4 is 14.8 Å². The van der Waals surface area contributed by atoms with Gasteiger partial charge in [-0.15, -0.1) is 6.58 Å². The molecule has 2 saturated carbocycles. The molecule has 0 radical (unpaired) electrons. The molecule has 15 heteroatoms. The number of benzene rings is 1. The minimum absolute atomic E-state index is 0.0421. The van der Waals surface area contributed by atoms with Gasteiger partial charge in [-0.1, -0.05) is 45.1 Å². The van der Waals surface area contributed by atoms with Crippen molar-refractivity contribution in [1.29, 1.82) is 0 Å². The fraction of sp³-hybridized carbons (Fsp3) is 0.583. The minimum atomic E-state index is -3.87. The molecule has 3 heterocycles. The lowest BCUT2D eigenvalue weighted by atomic mass is 9.85. The molecule has 0 aromatic heterocycles. The fourth-order valence-electron chi connectivity index (χ4n) is 7.07. The number of allylic oxidation sites excluding steroid dienone is 1. The molecule has 4 amide bonds. The van der Waals surface area contributed by atoms with Crippen LogP contribution in [-0.2, 0) is 47.0 Å². The second kappa shape index (κ2) is 14.0. The number of sulfonamides is 1. The molecule has 1 aromatic carbocycles. The van der Waals surface area contributed by atoms with Crippen molar-refractivity contribution in [2.75, 3.05) is 19.8 Å². The third kappa shape index (κ3) is 7.92. The van der Waals surface area contributed by atoms with E-state index in [9.17, 15) is 32.4 Å². The molecule has 2 N–H and O–H groups in total. The molecule has 6 rings (SSSR count). The van der Waals surface area contributed by atoms with Crippen LogP contribution in [0.1, 0.15) is 70.4 Å². The van der Waals surface area contributed by atoms with Crippen LogP contribution in [-0.4, -0.2) is 91.2 Å². The second-order valence-electron chi connectivity index (χ2n) is 15.2. The number of carbonyl (C=O) groups is 5. The number of carbonyl (C=O) groups excluding carboxylic acids is 5. The van der Waals surface area contributed by atoms with Crippen LogP contribution in [0, 0.1) is 16.7 Å². The highest BCUT2D eigenvalue weighted by molar-refractivity contribution is 7.90. The summed E-state index contributed by atoms with van der Waals surface area (Å²) in [5.41, 5.74) is -0.303. The van der Waals surface area contributed by atoms with E-state index in [4.69, 9.17) is 14.2 Å². The summed E-state index contributed by atoms with van der Waals surface area (Å²) in [4.78, 5) is 71.3. The highest BCUT2D eigenvalue weighted by Crippen LogP contribution is 2.57. The van der Waals surface area contributed by atoms with E-state index in [0.29, 0.717) is 44.7 Å². The lowest BCUT2D eigenvalue weighted by molar-refractivity contribution is -0.142. The third-order valence-electron chi connectivity index (χ3n) is 10.3. The fourth-order valence-corrected chi connectivity index (χ4v) is 8.46. The summed E-state index contributed by atoms with van der Waals surface area (Å²) in [6, 6.07) is 3.35. The first-order valence-electron chi connectivity index (χ1n) is 17.4. The first-order chi connectivity index (χ1) is 24.1. The van der Waals surface area contributed by atoms with Crippen molar-refractivity contribution in [2.24, 2.45) is 16.7 Å². The maximum atomic E-state index is 14.4. The Morgan fingerprint density at radius 1 is 1.10 bits per heavy atom. The molecule has 14 nitrogen and oxygen atoms in total. The Kier molecular flexibility index (Phi) is 9.96. The number of amides is 4. The highest BCUT2D eigenvalue weighted by atomic mass is 32.2. The van der Waals surface area contributed by atoms with Crippen LogP contribution in [0.4, 0.5) is 9.59 Å². The second-order valence-corrected chi connectivity index (χ2v) is 17.2. The number of ether oxygens (including phenoxy) is 3. The Hall–Kier alpha value is -4.40. The molecule has 3 aliphatic heterocycles. The van der Waals surface area contributed by atoms with Gasteiger partial charge in [0.1, 0.15) is 24.5 Å². The number of nitrogens with one attached hydrogen (secondary N) is 2. The molecule has 51 heavy (non-hydrogen) atoms. The number of alkyl carbamates (subject to hydrolysis) is 1. The van der Waals surface area contributed by atoms with Crippen molar-refractivity contribution in [3.63, 3.8) is 0 Å². The zero-order valence-electron chi connectivity index (χ0n) is 29.2. The number of hydrogen-bond acceptors (Lipinski definition) is 10.